The van der Waals surface area contributed by atoms with Gasteiger partial charge in [0.2, 0.25) is 10.0 Å². The topological polar surface area (TPSA) is 64.0 Å². The van der Waals surface area contributed by atoms with Crippen LogP contribution in [0.2, 0.25) is 0 Å². The van der Waals surface area contributed by atoms with Crippen LogP contribution in [0.3, 0.4) is 0 Å². The van der Waals surface area contributed by atoms with Crippen molar-refractivity contribution in [3.63, 3.8) is 0 Å². The van der Waals surface area contributed by atoms with E-state index in [1.165, 1.54) is 0 Å². The number of hydrogen-bond donors (Lipinski definition) is 1. The maximum absolute atomic E-state index is 12.4. The van der Waals surface area contributed by atoms with Crippen molar-refractivity contribution in [2.75, 3.05) is 6.54 Å². The van der Waals surface area contributed by atoms with Crippen molar-refractivity contribution in [3.8, 4) is 0 Å². The molecule has 3 aromatic rings. The SMILES string of the molecule is Cc1ccc(S(=O)(=O)NCC(c2cccs2)n2cccn2)cc1. The van der Waals surface area contributed by atoms with E-state index in [1.807, 2.05) is 36.7 Å². The van der Waals surface area contributed by atoms with Gasteiger partial charge in [0.05, 0.1) is 10.9 Å². The van der Waals surface area contributed by atoms with Crippen LogP contribution in [0.15, 0.2) is 65.1 Å². The van der Waals surface area contributed by atoms with E-state index in [-0.39, 0.29) is 17.5 Å². The summed E-state index contributed by atoms with van der Waals surface area (Å²) in [5, 5.41) is 6.22. The number of rotatable bonds is 6. The van der Waals surface area contributed by atoms with Gasteiger partial charge in [-0.05, 0) is 36.6 Å². The lowest BCUT2D eigenvalue weighted by molar-refractivity contribution is 0.511. The highest BCUT2D eigenvalue weighted by Crippen LogP contribution is 2.22. The smallest absolute Gasteiger partial charge is 0.240 e. The van der Waals surface area contributed by atoms with Crippen molar-refractivity contribution >= 4 is 21.4 Å². The first kappa shape index (κ1) is 15.9. The molecule has 0 fully saturated rings. The van der Waals surface area contributed by atoms with Crippen LogP contribution in [-0.2, 0) is 10.0 Å². The van der Waals surface area contributed by atoms with Gasteiger partial charge in [0, 0.05) is 23.8 Å². The minimum Gasteiger partial charge on any atom is -0.263 e. The summed E-state index contributed by atoms with van der Waals surface area (Å²) in [6.45, 7) is 2.17. The van der Waals surface area contributed by atoms with Crippen LogP contribution in [0.1, 0.15) is 16.5 Å². The van der Waals surface area contributed by atoms with Crippen LogP contribution in [-0.4, -0.2) is 24.7 Å². The lowest BCUT2D eigenvalue weighted by atomic mass is 10.2. The summed E-state index contributed by atoms with van der Waals surface area (Å²) in [7, 11) is -3.54. The van der Waals surface area contributed by atoms with Gasteiger partial charge in [-0.1, -0.05) is 23.8 Å². The second-order valence-corrected chi connectivity index (χ2v) is 7.93. The molecule has 1 aromatic carbocycles. The predicted octanol–water partition coefficient (Wildman–Crippen LogP) is 2.82. The summed E-state index contributed by atoms with van der Waals surface area (Å²) in [5.74, 6) is 0. The van der Waals surface area contributed by atoms with Gasteiger partial charge in [0.15, 0.2) is 0 Å². The van der Waals surface area contributed by atoms with Gasteiger partial charge in [-0.3, -0.25) is 4.68 Å². The van der Waals surface area contributed by atoms with Crippen LogP contribution in [0.5, 0.6) is 0 Å². The third kappa shape index (κ3) is 3.69. The van der Waals surface area contributed by atoms with Crippen LogP contribution >= 0.6 is 11.3 Å². The monoisotopic (exact) mass is 347 g/mol. The quantitative estimate of drug-likeness (QED) is 0.746. The minimum atomic E-state index is -3.54. The molecule has 2 heterocycles. The van der Waals surface area contributed by atoms with Crippen LogP contribution in [0.4, 0.5) is 0 Å². The minimum absolute atomic E-state index is 0.162. The Kier molecular flexibility index (Phi) is 4.61. The van der Waals surface area contributed by atoms with Crippen molar-refractivity contribution in [3.05, 3.63) is 70.7 Å². The molecule has 23 heavy (non-hydrogen) atoms. The Balaban J connectivity index is 1.80. The van der Waals surface area contributed by atoms with Crippen molar-refractivity contribution in [1.82, 2.24) is 14.5 Å². The Bertz CT molecular complexity index is 805. The van der Waals surface area contributed by atoms with Crippen LogP contribution < -0.4 is 4.72 Å². The average Bonchev–Trinajstić information content (AvgIpc) is 3.21. The number of nitrogens with zero attached hydrogens (tertiary/aromatic N) is 2. The van der Waals surface area contributed by atoms with Crippen LogP contribution in [0, 0.1) is 6.92 Å². The van der Waals surface area contributed by atoms with Crippen molar-refractivity contribution < 1.29 is 8.42 Å². The number of sulfonamides is 1. The van der Waals surface area contributed by atoms with Gasteiger partial charge in [0.25, 0.3) is 0 Å². The maximum Gasteiger partial charge on any atom is 0.240 e. The first-order valence-electron chi connectivity index (χ1n) is 7.15. The molecule has 0 radical (unpaired) electrons. The third-order valence-electron chi connectivity index (χ3n) is 3.51. The van der Waals surface area contributed by atoms with E-state index in [0.717, 1.165) is 10.4 Å². The summed E-state index contributed by atoms with van der Waals surface area (Å²) < 4.78 is 29.4. The van der Waals surface area contributed by atoms with E-state index in [9.17, 15) is 8.42 Å². The van der Waals surface area contributed by atoms with Gasteiger partial charge in [-0.2, -0.15) is 5.10 Å². The zero-order valence-electron chi connectivity index (χ0n) is 12.6. The molecule has 0 aliphatic heterocycles. The summed E-state index contributed by atoms with van der Waals surface area (Å²) in [4.78, 5) is 1.33. The van der Waals surface area contributed by atoms with Gasteiger partial charge < -0.3 is 0 Å². The first-order valence-corrected chi connectivity index (χ1v) is 9.51. The molecular formula is C16H17N3O2S2. The fourth-order valence-corrected chi connectivity index (χ4v) is 4.12. The van der Waals surface area contributed by atoms with Gasteiger partial charge >= 0.3 is 0 Å². The molecule has 0 bridgehead atoms. The fourth-order valence-electron chi connectivity index (χ4n) is 2.26. The number of hydrogen-bond acceptors (Lipinski definition) is 4. The summed E-state index contributed by atoms with van der Waals surface area (Å²) >= 11 is 1.58. The number of nitrogens with one attached hydrogen (secondary N) is 1. The zero-order valence-corrected chi connectivity index (χ0v) is 14.2. The first-order chi connectivity index (χ1) is 11.1. The summed E-state index contributed by atoms with van der Waals surface area (Å²) in [6, 6.07) is 12.4. The van der Waals surface area contributed by atoms with Gasteiger partial charge in [-0.25, -0.2) is 13.1 Å². The lowest BCUT2D eigenvalue weighted by Crippen LogP contribution is -2.31. The molecule has 1 N–H and O–H groups in total. The second kappa shape index (κ2) is 6.66. The number of aromatic nitrogens is 2. The molecule has 120 valence electrons. The Morgan fingerprint density at radius 3 is 2.61 bits per heavy atom. The Labute approximate surface area is 139 Å². The van der Waals surface area contributed by atoms with Gasteiger partial charge in [0.1, 0.15) is 0 Å². The zero-order chi connectivity index (χ0) is 16.3. The predicted molar refractivity (Wildman–Crippen MR) is 91.1 cm³/mol. The highest BCUT2D eigenvalue weighted by Gasteiger charge is 2.20. The number of benzene rings is 1. The molecule has 0 amide bonds. The van der Waals surface area contributed by atoms with Crippen molar-refractivity contribution in [2.45, 2.75) is 17.9 Å². The van der Waals surface area contributed by atoms with Gasteiger partial charge in [-0.15, -0.1) is 11.3 Å². The lowest BCUT2D eigenvalue weighted by Gasteiger charge is -2.17. The Morgan fingerprint density at radius 2 is 2.00 bits per heavy atom. The number of thiophene rings is 1. The van der Waals surface area contributed by atoms with E-state index in [4.69, 9.17) is 0 Å². The summed E-state index contributed by atoms with van der Waals surface area (Å²) in [5.41, 5.74) is 1.02. The Morgan fingerprint density at radius 1 is 1.22 bits per heavy atom. The molecule has 0 saturated heterocycles. The van der Waals surface area contributed by atoms with Crippen molar-refractivity contribution in [1.29, 1.82) is 0 Å². The molecule has 1 atom stereocenters. The number of aryl methyl sites for hydroxylation is 1. The highest BCUT2D eigenvalue weighted by molar-refractivity contribution is 7.89. The molecular weight excluding hydrogens is 330 g/mol. The molecule has 7 heteroatoms. The molecule has 2 aromatic heterocycles. The molecule has 0 saturated carbocycles. The molecule has 1 unspecified atom stereocenters. The van der Waals surface area contributed by atoms with E-state index >= 15 is 0 Å². The van der Waals surface area contributed by atoms with E-state index in [1.54, 1.807) is 46.5 Å². The molecule has 0 spiro atoms. The Hall–Kier alpha value is -1.96. The molecule has 5 nitrogen and oxygen atoms in total. The van der Waals surface area contributed by atoms with E-state index < -0.39 is 10.0 Å². The standard InChI is InChI=1S/C16H17N3O2S2/c1-13-5-7-14(8-6-13)23(20,21)18-12-15(16-4-2-11-22-16)19-10-3-9-17-19/h2-11,15,18H,12H2,1H3. The molecule has 0 aliphatic rings. The maximum atomic E-state index is 12.4. The third-order valence-corrected chi connectivity index (χ3v) is 5.93. The molecule has 3 rings (SSSR count). The van der Waals surface area contributed by atoms with E-state index in [0.29, 0.717) is 0 Å². The molecule has 0 aliphatic carbocycles. The normalized spacial score (nSPS) is 13.1. The average molecular weight is 347 g/mol. The fraction of sp³-hybridized carbons (Fsp3) is 0.188. The van der Waals surface area contributed by atoms with E-state index in [2.05, 4.69) is 9.82 Å². The highest BCUT2D eigenvalue weighted by atomic mass is 32.2. The second-order valence-electron chi connectivity index (χ2n) is 5.18. The van der Waals surface area contributed by atoms with Crippen LogP contribution in [0.25, 0.3) is 0 Å². The van der Waals surface area contributed by atoms with Crippen molar-refractivity contribution in [2.24, 2.45) is 0 Å². The largest absolute Gasteiger partial charge is 0.263 e. The summed E-state index contributed by atoms with van der Waals surface area (Å²) in [6.07, 6.45) is 3.53.